The summed E-state index contributed by atoms with van der Waals surface area (Å²) in [7, 11) is 0. The molecular formula is C20H23N3O4. The Morgan fingerprint density at radius 2 is 2.30 bits per heavy atom. The van der Waals surface area contributed by atoms with Crippen LogP contribution >= 0.6 is 0 Å². The van der Waals surface area contributed by atoms with Crippen LogP contribution in [0.5, 0.6) is 0 Å². The van der Waals surface area contributed by atoms with Gasteiger partial charge in [-0.1, -0.05) is 5.92 Å². The van der Waals surface area contributed by atoms with Gasteiger partial charge in [-0.15, -0.1) is 6.42 Å². The number of nitriles is 1. The highest BCUT2D eigenvalue weighted by Gasteiger charge is 2.19. The summed E-state index contributed by atoms with van der Waals surface area (Å²) in [6, 6.07) is 3.75. The van der Waals surface area contributed by atoms with E-state index in [0.29, 0.717) is 0 Å². The minimum atomic E-state index is -0.850. The molecule has 0 saturated carbocycles. The zero-order valence-corrected chi connectivity index (χ0v) is 15.6. The normalized spacial score (nSPS) is 16.4. The van der Waals surface area contributed by atoms with Crippen molar-refractivity contribution in [1.29, 1.82) is 5.26 Å². The third-order valence-corrected chi connectivity index (χ3v) is 4.39. The van der Waals surface area contributed by atoms with Crippen LogP contribution in [-0.2, 0) is 25.6 Å². The molecule has 142 valence electrons. The molecule has 1 fully saturated rings. The molecule has 0 aliphatic carbocycles. The summed E-state index contributed by atoms with van der Waals surface area (Å²) in [6.45, 7) is 5.00. The summed E-state index contributed by atoms with van der Waals surface area (Å²) >= 11 is 0. The van der Waals surface area contributed by atoms with E-state index in [1.54, 1.807) is 0 Å². The van der Waals surface area contributed by atoms with Crippen molar-refractivity contribution >= 4 is 18.0 Å². The average molecular weight is 369 g/mol. The zero-order valence-electron chi connectivity index (χ0n) is 15.6. The molecule has 7 nitrogen and oxygen atoms in total. The number of esters is 1. The molecule has 1 N–H and O–H groups in total. The lowest BCUT2D eigenvalue weighted by molar-refractivity contribution is -0.144. The van der Waals surface area contributed by atoms with Crippen molar-refractivity contribution < 1.29 is 19.1 Å². The SMILES string of the molecule is C#CCNC(=O)COC(=O)/C(C#N)=C/c1cc(C)n(C[C@@H]2CCCO2)c1C. The van der Waals surface area contributed by atoms with E-state index in [0.717, 1.165) is 42.9 Å². The third-order valence-electron chi connectivity index (χ3n) is 4.39. The molecular weight excluding hydrogens is 346 g/mol. The highest BCUT2D eigenvalue weighted by atomic mass is 16.5. The van der Waals surface area contributed by atoms with Gasteiger partial charge in [0.05, 0.1) is 12.6 Å². The van der Waals surface area contributed by atoms with Crippen LogP contribution in [0, 0.1) is 37.5 Å². The Bertz CT molecular complexity index is 818. The molecule has 1 aromatic heterocycles. The molecule has 0 bridgehead atoms. The number of hydrogen-bond donors (Lipinski definition) is 1. The van der Waals surface area contributed by atoms with Crippen molar-refractivity contribution in [2.75, 3.05) is 19.8 Å². The fourth-order valence-corrected chi connectivity index (χ4v) is 2.95. The molecule has 7 heteroatoms. The highest BCUT2D eigenvalue weighted by Crippen LogP contribution is 2.22. The van der Waals surface area contributed by atoms with Crippen molar-refractivity contribution in [2.24, 2.45) is 0 Å². The number of carbonyl (C=O) groups is 2. The predicted octanol–water partition coefficient (Wildman–Crippen LogP) is 1.48. The third kappa shape index (κ3) is 5.47. The molecule has 0 spiro atoms. The summed E-state index contributed by atoms with van der Waals surface area (Å²) in [4.78, 5) is 23.5. The fourth-order valence-electron chi connectivity index (χ4n) is 2.95. The van der Waals surface area contributed by atoms with Crippen LogP contribution in [0.1, 0.15) is 29.8 Å². The van der Waals surface area contributed by atoms with Gasteiger partial charge in [0.15, 0.2) is 6.61 Å². The molecule has 1 atom stereocenters. The minimum absolute atomic E-state index is 0.0496. The van der Waals surface area contributed by atoms with Gasteiger partial charge in [-0.2, -0.15) is 5.26 Å². The number of hydrogen-bond acceptors (Lipinski definition) is 5. The Kier molecular flexibility index (Phi) is 7.22. The second-order valence-electron chi connectivity index (χ2n) is 6.30. The van der Waals surface area contributed by atoms with E-state index in [-0.39, 0.29) is 18.2 Å². The lowest BCUT2D eigenvalue weighted by atomic mass is 10.1. The smallest absolute Gasteiger partial charge is 0.349 e. The first-order valence-electron chi connectivity index (χ1n) is 8.73. The number of rotatable bonds is 7. The van der Waals surface area contributed by atoms with Crippen molar-refractivity contribution in [1.82, 2.24) is 9.88 Å². The number of nitrogens with one attached hydrogen (secondary N) is 1. The first-order chi connectivity index (χ1) is 13.0. The van der Waals surface area contributed by atoms with Gasteiger partial charge in [0.1, 0.15) is 11.6 Å². The summed E-state index contributed by atoms with van der Waals surface area (Å²) in [6.07, 6.45) is 8.80. The number of amides is 1. The van der Waals surface area contributed by atoms with E-state index in [4.69, 9.17) is 15.9 Å². The van der Waals surface area contributed by atoms with Crippen LogP contribution in [0.2, 0.25) is 0 Å². The number of ether oxygens (including phenoxy) is 2. The number of aromatic nitrogens is 1. The quantitative estimate of drug-likeness (QED) is 0.340. The molecule has 1 aliphatic heterocycles. The molecule has 0 unspecified atom stereocenters. The molecule has 27 heavy (non-hydrogen) atoms. The minimum Gasteiger partial charge on any atom is -0.451 e. The van der Waals surface area contributed by atoms with Gasteiger partial charge in [-0.05, 0) is 44.4 Å². The van der Waals surface area contributed by atoms with E-state index < -0.39 is 18.5 Å². The Hall–Kier alpha value is -3.03. The lowest BCUT2D eigenvalue weighted by Crippen LogP contribution is -2.29. The lowest BCUT2D eigenvalue weighted by Gasteiger charge is -2.14. The van der Waals surface area contributed by atoms with E-state index in [2.05, 4.69) is 15.8 Å². The second kappa shape index (κ2) is 9.61. The van der Waals surface area contributed by atoms with E-state index in [9.17, 15) is 14.9 Å². The summed E-state index contributed by atoms with van der Waals surface area (Å²) < 4.78 is 12.7. The molecule has 0 aromatic carbocycles. The number of nitrogens with zero attached hydrogens (tertiary/aromatic N) is 2. The van der Waals surface area contributed by atoms with Crippen LogP contribution in [0.4, 0.5) is 0 Å². The van der Waals surface area contributed by atoms with Crippen LogP contribution in [0.3, 0.4) is 0 Å². The fraction of sp³-hybridized carbons (Fsp3) is 0.450. The Morgan fingerprint density at radius 1 is 1.52 bits per heavy atom. The summed E-state index contributed by atoms with van der Waals surface area (Å²) in [5.41, 5.74) is 2.55. The second-order valence-corrected chi connectivity index (χ2v) is 6.30. The highest BCUT2D eigenvalue weighted by molar-refractivity contribution is 5.99. The number of aryl methyl sites for hydroxylation is 1. The summed E-state index contributed by atoms with van der Waals surface area (Å²) in [5, 5.41) is 11.7. The Morgan fingerprint density at radius 3 is 2.93 bits per heavy atom. The standard InChI is InChI=1S/C20H23N3O4/c1-4-7-22-19(24)13-27-20(25)17(11-21)10-16-9-14(2)23(15(16)3)12-18-6-5-8-26-18/h1,9-10,18H,5-8,12-13H2,2-3H3,(H,22,24)/b17-10+/t18-/m0/s1. The molecule has 0 radical (unpaired) electrons. The summed E-state index contributed by atoms with van der Waals surface area (Å²) in [5.74, 6) is 0.875. The topological polar surface area (TPSA) is 93.4 Å². The predicted molar refractivity (Wildman–Crippen MR) is 99.3 cm³/mol. The van der Waals surface area contributed by atoms with Crippen LogP contribution in [0.25, 0.3) is 6.08 Å². The maximum Gasteiger partial charge on any atom is 0.349 e. The number of carbonyl (C=O) groups excluding carboxylic acids is 2. The van der Waals surface area contributed by atoms with Crippen LogP contribution in [0.15, 0.2) is 11.6 Å². The Labute approximate surface area is 158 Å². The van der Waals surface area contributed by atoms with Gasteiger partial charge in [-0.25, -0.2) is 4.79 Å². The van der Waals surface area contributed by atoms with Gasteiger partial charge < -0.3 is 19.4 Å². The molecule has 1 amide bonds. The monoisotopic (exact) mass is 369 g/mol. The van der Waals surface area contributed by atoms with E-state index >= 15 is 0 Å². The van der Waals surface area contributed by atoms with Gasteiger partial charge in [0.2, 0.25) is 0 Å². The molecule has 1 aromatic rings. The van der Waals surface area contributed by atoms with E-state index in [1.165, 1.54) is 6.08 Å². The first kappa shape index (κ1) is 20.3. The maximum absolute atomic E-state index is 12.1. The zero-order chi connectivity index (χ0) is 19.8. The van der Waals surface area contributed by atoms with Crippen molar-refractivity contribution in [3.05, 3.63) is 28.6 Å². The number of terminal acetylenes is 1. The molecule has 1 saturated heterocycles. The maximum atomic E-state index is 12.1. The molecule has 2 rings (SSSR count). The molecule has 1 aliphatic rings. The van der Waals surface area contributed by atoms with Crippen molar-refractivity contribution in [3.63, 3.8) is 0 Å². The van der Waals surface area contributed by atoms with Gasteiger partial charge in [0, 0.05) is 24.5 Å². The van der Waals surface area contributed by atoms with Crippen LogP contribution < -0.4 is 5.32 Å². The molecule has 2 heterocycles. The van der Waals surface area contributed by atoms with Crippen molar-refractivity contribution in [2.45, 2.75) is 39.3 Å². The van der Waals surface area contributed by atoms with Gasteiger partial charge >= 0.3 is 5.97 Å². The van der Waals surface area contributed by atoms with Gasteiger partial charge in [-0.3, -0.25) is 4.79 Å². The largest absolute Gasteiger partial charge is 0.451 e. The first-order valence-corrected chi connectivity index (χ1v) is 8.73. The van der Waals surface area contributed by atoms with Crippen LogP contribution in [-0.4, -0.2) is 42.3 Å². The average Bonchev–Trinajstić information content (AvgIpc) is 3.26. The Balaban J connectivity index is 2.08. The van der Waals surface area contributed by atoms with Gasteiger partial charge in [0.25, 0.3) is 5.91 Å². The van der Waals surface area contributed by atoms with Crippen molar-refractivity contribution in [3.8, 4) is 18.4 Å². The van der Waals surface area contributed by atoms with E-state index in [1.807, 2.05) is 26.0 Å².